The lowest BCUT2D eigenvalue weighted by molar-refractivity contribution is 0.136. The van der Waals surface area contributed by atoms with Gasteiger partial charge in [0.1, 0.15) is 0 Å². The Labute approximate surface area is 124 Å². The van der Waals surface area contributed by atoms with E-state index in [-0.39, 0.29) is 12.1 Å². The fourth-order valence-electron chi connectivity index (χ4n) is 3.05. The zero-order valence-corrected chi connectivity index (χ0v) is 13.4. The van der Waals surface area contributed by atoms with Crippen molar-refractivity contribution in [1.29, 1.82) is 0 Å². The number of nitrogens with one attached hydrogen (secondary N) is 1. The molecule has 2 rings (SSSR count). The highest BCUT2D eigenvalue weighted by Gasteiger charge is 2.35. The first-order chi connectivity index (χ1) is 9.04. The van der Waals surface area contributed by atoms with Crippen molar-refractivity contribution in [2.75, 3.05) is 11.9 Å². The summed E-state index contributed by atoms with van der Waals surface area (Å²) in [6.45, 7) is 4.82. The van der Waals surface area contributed by atoms with Crippen LogP contribution in [0.4, 0.5) is 5.69 Å². The Morgan fingerprint density at radius 2 is 2.05 bits per heavy atom. The van der Waals surface area contributed by atoms with Crippen LogP contribution in [0.15, 0.2) is 28.7 Å². The molecule has 0 heterocycles. The summed E-state index contributed by atoms with van der Waals surface area (Å²) >= 11 is 3.49. The van der Waals surface area contributed by atoms with Crippen molar-refractivity contribution in [3.63, 3.8) is 0 Å². The monoisotopic (exact) mass is 325 g/mol. The summed E-state index contributed by atoms with van der Waals surface area (Å²) < 4.78 is 1.07. The van der Waals surface area contributed by atoms with Crippen LogP contribution in [0.2, 0.25) is 0 Å². The molecule has 0 saturated heterocycles. The van der Waals surface area contributed by atoms with E-state index in [1.165, 1.54) is 12.8 Å². The van der Waals surface area contributed by atoms with Gasteiger partial charge in [0.15, 0.2) is 0 Å². The fraction of sp³-hybridized carbons (Fsp3) is 0.625. The first-order valence-electron chi connectivity index (χ1n) is 7.19. The van der Waals surface area contributed by atoms with Crippen molar-refractivity contribution >= 4 is 21.6 Å². The first-order valence-corrected chi connectivity index (χ1v) is 7.98. The normalized spacial score (nSPS) is 27.5. The molecule has 1 aliphatic carbocycles. The molecule has 0 spiro atoms. The molecule has 1 aliphatic rings. The lowest BCUT2D eigenvalue weighted by Gasteiger charge is -2.41. The third-order valence-electron chi connectivity index (χ3n) is 4.47. The van der Waals surface area contributed by atoms with Crippen LogP contribution >= 0.6 is 15.9 Å². The maximum Gasteiger partial charge on any atom is 0.0661 e. The van der Waals surface area contributed by atoms with Gasteiger partial charge in [0, 0.05) is 10.2 Å². The number of hydrogen-bond donors (Lipinski definition) is 2. The van der Waals surface area contributed by atoms with Crippen LogP contribution < -0.4 is 5.32 Å². The van der Waals surface area contributed by atoms with Gasteiger partial charge in [-0.1, -0.05) is 35.8 Å². The second-order valence-electron chi connectivity index (χ2n) is 6.16. The largest absolute Gasteiger partial charge is 0.394 e. The average molecular weight is 326 g/mol. The van der Waals surface area contributed by atoms with Gasteiger partial charge in [-0.2, -0.15) is 0 Å². The Morgan fingerprint density at radius 3 is 2.58 bits per heavy atom. The predicted octanol–water partition coefficient (Wildman–Crippen LogP) is 4.44. The summed E-state index contributed by atoms with van der Waals surface area (Å²) in [5.74, 6) is 1.56. The van der Waals surface area contributed by atoms with Crippen LogP contribution in [0.3, 0.4) is 0 Å². The SMILES string of the molecule is CC(C)C1CCC(CO)(Nc2cccc(Br)c2)CC1. The van der Waals surface area contributed by atoms with E-state index in [9.17, 15) is 5.11 Å². The molecule has 0 amide bonds. The zero-order valence-electron chi connectivity index (χ0n) is 11.8. The third-order valence-corrected chi connectivity index (χ3v) is 4.96. The van der Waals surface area contributed by atoms with Crippen LogP contribution in [0.25, 0.3) is 0 Å². The standard InChI is InChI=1S/C16H24BrNO/c1-12(2)13-6-8-16(11-19,9-7-13)18-15-5-3-4-14(17)10-15/h3-5,10,12-13,18-19H,6-9,11H2,1-2H3. The summed E-state index contributed by atoms with van der Waals surface area (Å²) in [6, 6.07) is 8.19. The number of aliphatic hydroxyl groups excluding tert-OH is 1. The fourth-order valence-corrected chi connectivity index (χ4v) is 3.45. The quantitative estimate of drug-likeness (QED) is 0.857. The van der Waals surface area contributed by atoms with Crippen molar-refractivity contribution in [2.24, 2.45) is 11.8 Å². The molecule has 0 aliphatic heterocycles. The number of anilines is 1. The van der Waals surface area contributed by atoms with Crippen molar-refractivity contribution in [1.82, 2.24) is 0 Å². The summed E-state index contributed by atoms with van der Waals surface area (Å²) in [5.41, 5.74) is 0.957. The Balaban J connectivity index is 2.04. The van der Waals surface area contributed by atoms with Crippen LogP contribution in [0.5, 0.6) is 0 Å². The van der Waals surface area contributed by atoms with E-state index in [1.54, 1.807) is 0 Å². The molecule has 2 nitrogen and oxygen atoms in total. The van der Waals surface area contributed by atoms with E-state index in [0.717, 1.165) is 34.8 Å². The summed E-state index contributed by atoms with van der Waals surface area (Å²) in [6.07, 6.45) is 4.52. The van der Waals surface area contributed by atoms with Crippen molar-refractivity contribution in [2.45, 2.75) is 45.1 Å². The Kier molecular flexibility index (Phi) is 4.91. The Morgan fingerprint density at radius 1 is 1.37 bits per heavy atom. The molecule has 2 N–H and O–H groups in total. The van der Waals surface area contributed by atoms with E-state index in [1.807, 2.05) is 12.1 Å². The maximum atomic E-state index is 9.82. The molecule has 19 heavy (non-hydrogen) atoms. The lowest BCUT2D eigenvalue weighted by Crippen LogP contribution is -2.45. The van der Waals surface area contributed by atoms with Gasteiger partial charge < -0.3 is 10.4 Å². The van der Waals surface area contributed by atoms with E-state index in [4.69, 9.17) is 0 Å². The lowest BCUT2D eigenvalue weighted by atomic mass is 9.73. The van der Waals surface area contributed by atoms with Gasteiger partial charge in [-0.3, -0.25) is 0 Å². The van der Waals surface area contributed by atoms with Crippen LogP contribution in [0, 0.1) is 11.8 Å². The minimum absolute atomic E-state index is 0.133. The van der Waals surface area contributed by atoms with Crippen molar-refractivity contribution < 1.29 is 5.11 Å². The predicted molar refractivity (Wildman–Crippen MR) is 84.4 cm³/mol. The highest BCUT2D eigenvalue weighted by atomic mass is 79.9. The molecule has 1 aromatic carbocycles. The molecule has 0 unspecified atom stereocenters. The van der Waals surface area contributed by atoms with Gasteiger partial charge in [0.25, 0.3) is 0 Å². The second-order valence-corrected chi connectivity index (χ2v) is 7.07. The van der Waals surface area contributed by atoms with Gasteiger partial charge in [0.2, 0.25) is 0 Å². The van der Waals surface area contributed by atoms with E-state index in [0.29, 0.717) is 0 Å². The molecule has 106 valence electrons. The molecule has 0 bridgehead atoms. The van der Waals surface area contributed by atoms with E-state index >= 15 is 0 Å². The number of halogens is 1. The van der Waals surface area contributed by atoms with Gasteiger partial charge in [0.05, 0.1) is 12.1 Å². The Bertz CT molecular complexity index is 411. The molecule has 1 aromatic rings. The van der Waals surface area contributed by atoms with E-state index < -0.39 is 0 Å². The third kappa shape index (κ3) is 3.73. The number of hydrogen-bond acceptors (Lipinski definition) is 2. The molecule has 0 radical (unpaired) electrons. The van der Waals surface area contributed by atoms with Gasteiger partial charge in [-0.25, -0.2) is 0 Å². The number of rotatable bonds is 4. The minimum atomic E-state index is -0.133. The van der Waals surface area contributed by atoms with E-state index in [2.05, 4.69) is 47.2 Å². The topological polar surface area (TPSA) is 32.3 Å². The number of benzene rings is 1. The first kappa shape index (κ1) is 14.9. The molecule has 0 aromatic heterocycles. The average Bonchev–Trinajstić information content (AvgIpc) is 2.39. The smallest absolute Gasteiger partial charge is 0.0661 e. The van der Waals surface area contributed by atoms with Crippen LogP contribution in [0.1, 0.15) is 39.5 Å². The van der Waals surface area contributed by atoms with Crippen LogP contribution in [-0.4, -0.2) is 17.3 Å². The summed E-state index contributed by atoms with van der Waals surface area (Å²) in [4.78, 5) is 0. The van der Waals surface area contributed by atoms with Gasteiger partial charge >= 0.3 is 0 Å². The molecule has 1 fully saturated rings. The maximum absolute atomic E-state index is 9.82. The number of aliphatic hydroxyl groups is 1. The van der Waals surface area contributed by atoms with Gasteiger partial charge in [-0.15, -0.1) is 0 Å². The molecular formula is C16H24BrNO. The second kappa shape index (κ2) is 6.27. The highest BCUT2D eigenvalue weighted by molar-refractivity contribution is 9.10. The highest BCUT2D eigenvalue weighted by Crippen LogP contribution is 2.37. The van der Waals surface area contributed by atoms with Crippen LogP contribution in [-0.2, 0) is 0 Å². The summed E-state index contributed by atoms with van der Waals surface area (Å²) in [5, 5.41) is 13.4. The van der Waals surface area contributed by atoms with Crippen molar-refractivity contribution in [3.05, 3.63) is 28.7 Å². The summed E-state index contributed by atoms with van der Waals surface area (Å²) in [7, 11) is 0. The molecular weight excluding hydrogens is 302 g/mol. The minimum Gasteiger partial charge on any atom is -0.394 e. The zero-order chi connectivity index (χ0) is 13.9. The molecule has 0 atom stereocenters. The van der Waals surface area contributed by atoms with Gasteiger partial charge in [-0.05, 0) is 55.7 Å². The Hall–Kier alpha value is -0.540. The molecule has 3 heteroatoms. The molecule has 1 saturated carbocycles. The van der Waals surface area contributed by atoms with Crippen molar-refractivity contribution in [3.8, 4) is 0 Å².